The summed E-state index contributed by atoms with van der Waals surface area (Å²) in [6.45, 7) is 0. The van der Waals surface area contributed by atoms with Crippen LogP contribution in [0.1, 0.15) is 11.8 Å². The van der Waals surface area contributed by atoms with E-state index in [1.54, 1.807) is 12.1 Å². The molecule has 1 heterocycles. The van der Waals surface area contributed by atoms with Gasteiger partial charge in [-0.25, -0.2) is 0 Å². The van der Waals surface area contributed by atoms with Gasteiger partial charge < -0.3 is 5.11 Å². The molecule has 0 aromatic carbocycles. The van der Waals surface area contributed by atoms with Crippen LogP contribution in [0, 0.1) is 11.3 Å². The van der Waals surface area contributed by atoms with Crippen LogP contribution in [-0.2, 0) is 0 Å². The predicted molar refractivity (Wildman–Crippen MR) is 50.2 cm³/mol. The van der Waals surface area contributed by atoms with E-state index in [0.717, 1.165) is 4.47 Å². The maximum Gasteiger partial charge on any atom is 0.184 e. The number of aliphatic hydroxyl groups is 1. The second-order valence-corrected chi connectivity index (χ2v) is 3.82. The summed E-state index contributed by atoms with van der Waals surface area (Å²) in [5, 5.41) is 17.5. The van der Waals surface area contributed by atoms with Gasteiger partial charge in [0.05, 0.1) is 5.69 Å². The number of aliphatic hydroxyl groups excluding tert-OH is 1. The van der Waals surface area contributed by atoms with Crippen LogP contribution in [0.15, 0.2) is 21.2 Å². The third-order valence-electron chi connectivity index (χ3n) is 1.22. The summed E-state index contributed by atoms with van der Waals surface area (Å²) in [5.74, 6) is 0. The zero-order valence-electron chi connectivity index (χ0n) is 5.83. The van der Waals surface area contributed by atoms with E-state index in [4.69, 9.17) is 10.4 Å². The normalized spacial score (nSPS) is 12.2. The lowest BCUT2D eigenvalue weighted by molar-refractivity contribution is 0.230. The van der Waals surface area contributed by atoms with Crippen LogP contribution < -0.4 is 0 Å². The summed E-state index contributed by atoms with van der Waals surface area (Å²) in [7, 11) is 0. The lowest BCUT2D eigenvalue weighted by atomic mass is 10.2. The first-order valence-electron chi connectivity index (χ1n) is 3.03. The Bertz CT molecular complexity index is 335. The highest BCUT2D eigenvalue weighted by atomic mass is 79.9. The van der Waals surface area contributed by atoms with Gasteiger partial charge in [0.2, 0.25) is 0 Å². The molecule has 1 N–H and O–H groups in total. The molecule has 0 saturated heterocycles. The Hall–Kier alpha value is -0.440. The summed E-state index contributed by atoms with van der Waals surface area (Å²) in [6.07, 6.45) is 0.355. The van der Waals surface area contributed by atoms with Gasteiger partial charge in [0.15, 0.2) is 6.10 Å². The molecule has 62 valence electrons. The van der Waals surface area contributed by atoms with E-state index in [0.29, 0.717) is 10.2 Å². The SMILES string of the molecule is N#CC(O)c1ncc(Br)cc1Br. The van der Waals surface area contributed by atoms with Crippen molar-refractivity contribution in [3.8, 4) is 6.07 Å². The van der Waals surface area contributed by atoms with Crippen LogP contribution in [0.25, 0.3) is 0 Å². The molecule has 0 amide bonds. The Labute approximate surface area is 86.3 Å². The van der Waals surface area contributed by atoms with Crippen molar-refractivity contribution in [2.75, 3.05) is 0 Å². The van der Waals surface area contributed by atoms with Crippen molar-refractivity contribution in [1.29, 1.82) is 5.26 Å². The molecule has 0 aliphatic carbocycles. The second-order valence-electron chi connectivity index (χ2n) is 2.05. The molecule has 0 bridgehead atoms. The third kappa shape index (κ3) is 2.03. The number of hydrogen-bond acceptors (Lipinski definition) is 3. The van der Waals surface area contributed by atoms with E-state index >= 15 is 0 Å². The molecule has 0 fully saturated rings. The Kier molecular flexibility index (Phi) is 3.20. The van der Waals surface area contributed by atoms with Crippen LogP contribution in [-0.4, -0.2) is 10.1 Å². The molecule has 1 atom stereocenters. The minimum absolute atomic E-state index is 0.334. The maximum atomic E-state index is 9.13. The van der Waals surface area contributed by atoms with Crippen molar-refractivity contribution < 1.29 is 5.11 Å². The number of hydrogen-bond donors (Lipinski definition) is 1. The molecule has 1 aromatic rings. The molecule has 0 saturated carbocycles. The van der Waals surface area contributed by atoms with E-state index in [9.17, 15) is 0 Å². The number of nitriles is 1. The Balaban J connectivity index is 3.11. The fourth-order valence-corrected chi connectivity index (χ4v) is 1.89. The third-order valence-corrected chi connectivity index (χ3v) is 2.29. The standard InChI is InChI=1S/C7H4Br2N2O/c8-4-1-5(9)7(11-3-4)6(12)2-10/h1,3,6,12H. The molecular formula is C7H4Br2N2O. The van der Waals surface area contributed by atoms with Crippen LogP contribution >= 0.6 is 31.9 Å². The smallest absolute Gasteiger partial charge is 0.184 e. The van der Waals surface area contributed by atoms with Gasteiger partial charge in [-0.3, -0.25) is 4.98 Å². The zero-order chi connectivity index (χ0) is 9.14. The number of aromatic nitrogens is 1. The summed E-state index contributed by atoms with van der Waals surface area (Å²) in [4.78, 5) is 3.88. The van der Waals surface area contributed by atoms with Crippen LogP contribution in [0.2, 0.25) is 0 Å². The topological polar surface area (TPSA) is 56.9 Å². The molecule has 3 nitrogen and oxygen atoms in total. The van der Waals surface area contributed by atoms with Crippen molar-refractivity contribution in [2.45, 2.75) is 6.10 Å². The molecule has 5 heteroatoms. The first-order chi connectivity index (χ1) is 5.65. The summed E-state index contributed by atoms with van der Waals surface area (Å²) < 4.78 is 1.41. The summed E-state index contributed by atoms with van der Waals surface area (Å²) >= 11 is 6.40. The average molecular weight is 292 g/mol. The van der Waals surface area contributed by atoms with Crippen LogP contribution in [0.3, 0.4) is 0 Å². The molecule has 12 heavy (non-hydrogen) atoms. The Morgan fingerprint density at radius 2 is 2.25 bits per heavy atom. The highest BCUT2D eigenvalue weighted by Gasteiger charge is 2.11. The molecular weight excluding hydrogens is 288 g/mol. The predicted octanol–water partition coefficient (Wildman–Crippen LogP) is 2.16. The van der Waals surface area contributed by atoms with Crippen molar-refractivity contribution >= 4 is 31.9 Å². The lowest BCUT2D eigenvalue weighted by Gasteiger charge is -2.03. The fourth-order valence-electron chi connectivity index (χ4n) is 0.687. The number of rotatable bonds is 1. The van der Waals surface area contributed by atoms with Gasteiger partial charge in [-0.2, -0.15) is 5.26 Å². The first kappa shape index (κ1) is 9.65. The average Bonchev–Trinajstić information content (AvgIpc) is 2.03. The van der Waals surface area contributed by atoms with Gasteiger partial charge in [-0.05, 0) is 37.9 Å². The van der Waals surface area contributed by atoms with Crippen LogP contribution in [0.5, 0.6) is 0 Å². The highest BCUT2D eigenvalue weighted by Crippen LogP contribution is 2.23. The Morgan fingerprint density at radius 3 is 2.75 bits per heavy atom. The summed E-state index contributed by atoms with van der Waals surface area (Å²) in [5.41, 5.74) is 0.334. The quantitative estimate of drug-likeness (QED) is 0.807. The van der Waals surface area contributed by atoms with Gasteiger partial charge in [-0.15, -0.1) is 0 Å². The van der Waals surface area contributed by atoms with E-state index in [1.165, 1.54) is 6.20 Å². The first-order valence-corrected chi connectivity index (χ1v) is 4.62. The minimum atomic E-state index is -1.17. The molecule has 1 unspecified atom stereocenters. The summed E-state index contributed by atoms with van der Waals surface area (Å²) in [6, 6.07) is 3.41. The second kappa shape index (κ2) is 3.99. The van der Waals surface area contributed by atoms with Gasteiger partial charge in [-0.1, -0.05) is 0 Å². The number of halogens is 2. The molecule has 0 aliphatic heterocycles. The van der Waals surface area contributed by atoms with Gasteiger partial charge >= 0.3 is 0 Å². The monoisotopic (exact) mass is 290 g/mol. The molecule has 0 aliphatic rings. The van der Waals surface area contributed by atoms with E-state index in [2.05, 4.69) is 36.8 Å². The number of pyridine rings is 1. The van der Waals surface area contributed by atoms with Crippen molar-refractivity contribution in [1.82, 2.24) is 4.98 Å². The minimum Gasteiger partial charge on any atom is -0.373 e. The van der Waals surface area contributed by atoms with E-state index in [-0.39, 0.29) is 0 Å². The van der Waals surface area contributed by atoms with Crippen molar-refractivity contribution in [3.63, 3.8) is 0 Å². The van der Waals surface area contributed by atoms with Crippen LogP contribution in [0.4, 0.5) is 0 Å². The fraction of sp³-hybridized carbons (Fsp3) is 0.143. The van der Waals surface area contributed by atoms with E-state index < -0.39 is 6.10 Å². The zero-order valence-corrected chi connectivity index (χ0v) is 9.00. The van der Waals surface area contributed by atoms with E-state index in [1.807, 2.05) is 0 Å². The van der Waals surface area contributed by atoms with Gasteiger partial charge in [0.25, 0.3) is 0 Å². The van der Waals surface area contributed by atoms with Crippen molar-refractivity contribution in [2.24, 2.45) is 0 Å². The lowest BCUT2D eigenvalue weighted by Crippen LogP contribution is -1.98. The molecule has 0 radical (unpaired) electrons. The maximum absolute atomic E-state index is 9.13. The molecule has 1 rings (SSSR count). The van der Waals surface area contributed by atoms with Crippen molar-refractivity contribution in [3.05, 3.63) is 26.9 Å². The van der Waals surface area contributed by atoms with Gasteiger partial charge in [0.1, 0.15) is 6.07 Å². The number of nitrogens with zero attached hydrogens (tertiary/aromatic N) is 2. The molecule has 1 aromatic heterocycles. The Morgan fingerprint density at radius 1 is 1.58 bits per heavy atom. The largest absolute Gasteiger partial charge is 0.373 e. The highest BCUT2D eigenvalue weighted by molar-refractivity contribution is 9.11. The van der Waals surface area contributed by atoms with Gasteiger partial charge in [0, 0.05) is 15.1 Å². The molecule has 0 spiro atoms.